The molecular weight excluding hydrogens is 388 g/mol. The average molecular weight is 419 g/mol. The third kappa shape index (κ3) is 5.63. The van der Waals surface area contributed by atoms with E-state index in [0.717, 1.165) is 35.6 Å². The number of nitrogens with one attached hydrogen (secondary N) is 1. The normalized spacial score (nSPS) is 13.5. The SMILES string of the molecule is CCOc1ccc(C2=CC=C(CC)CC(Nc3cc(C)cc(C)c3)=N2)cc1C(=O)OC. The number of carbonyl (C=O) groups is 1. The summed E-state index contributed by atoms with van der Waals surface area (Å²) in [4.78, 5) is 17.2. The molecule has 0 spiro atoms. The molecule has 1 heterocycles. The summed E-state index contributed by atoms with van der Waals surface area (Å²) in [5, 5.41) is 3.50. The van der Waals surface area contributed by atoms with Crippen molar-refractivity contribution in [2.75, 3.05) is 19.0 Å². The maximum atomic E-state index is 12.3. The molecule has 0 saturated heterocycles. The highest BCUT2D eigenvalue weighted by atomic mass is 16.5. The molecule has 0 bridgehead atoms. The van der Waals surface area contributed by atoms with E-state index in [1.807, 2.05) is 19.1 Å². The average Bonchev–Trinajstić information content (AvgIpc) is 2.95. The highest BCUT2D eigenvalue weighted by molar-refractivity contribution is 6.01. The van der Waals surface area contributed by atoms with Gasteiger partial charge in [0.1, 0.15) is 17.1 Å². The number of allylic oxidation sites excluding steroid dienone is 2. The maximum absolute atomic E-state index is 12.3. The highest BCUT2D eigenvalue weighted by Gasteiger charge is 2.17. The number of aliphatic imine (C=N–C) groups is 1. The first-order valence-corrected chi connectivity index (χ1v) is 10.6. The summed E-state index contributed by atoms with van der Waals surface area (Å²) in [6, 6.07) is 11.9. The van der Waals surface area contributed by atoms with Crippen LogP contribution in [0.4, 0.5) is 5.69 Å². The monoisotopic (exact) mass is 418 g/mol. The lowest BCUT2D eigenvalue weighted by Gasteiger charge is -2.14. The van der Waals surface area contributed by atoms with Crippen LogP contribution in [0.3, 0.4) is 0 Å². The lowest BCUT2D eigenvalue weighted by molar-refractivity contribution is 0.0596. The quantitative estimate of drug-likeness (QED) is 0.578. The largest absolute Gasteiger partial charge is 0.493 e. The Hall–Kier alpha value is -3.34. The Balaban J connectivity index is 2.01. The Labute approximate surface area is 184 Å². The van der Waals surface area contributed by atoms with E-state index in [9.17, 15) is 4.79 Å². The minimum Gasteiger partial charge on any atom is -0.493 e. The molecule has 31 heavy (non-hydrogen) atoms. The van der Waals surface area contributed by atoms with Crippen LogP contribution in [0.1, 0.15) is 53.7 Å². The van der Waals surface area contributed by atoms with Crippen molar-refractivity contribution in [1.82, 2.24) is 0 Å². The van der Waals surface area contributed by atoms with Crippen LogP contribution >= 0.6 is 0 Å². The fraction of sp³-hybridized carbons (Fsp3) is 0.308. The van der Waals surface area contributed by atoms with Gasteiger partial charge in [-0.1, -0.05) is 24.6 Å². The van der Waals surface area contributed by atoms with Gasteiger partial charge in [-0.3, -0.25) is 0 Å². The summed E-state index contributed by atoms with van der Waals surface area (Å²) in [6.07, 6.45) is 5.80. The molecule has 0 fully saturated rings. The first kappa shape index (κ1) is 22.3. The minimum atomic E-state index is -0.429. The van der Waals surface area contributed by atoms with Crippen molar-refractivity contribution in [3.8, 4) is 5.75 Å². The smallest absolute Gasteiger partial charge is 0.341 e. The van der Waals surface area contributed by atoms with Crippen LogP contribution in [0.25, 0.3) is 5.70 Å². The number of ether oxygens (including phenoxy) is 2. The van der Waals surface area contributed by atoms with Gasteiger partial charge in [0.15, 0.2) is 0 Å². The third-order valence-corrected chi connectivity index (χ3v) is 5.07. The molecule has 3 rings (SSSR count). The van der Waals surface area contributed by atoms with Crippen LogP contribution in [0.15, 0.2) is 59.1 Å². The molecule has 2 aromatic rings. The van der Waals surface area contributed by atoms with Gasteiger partial charge in [-0.15, -0.1) is 0 Å². The predicted octanol–water partition coefficient (Wildman–Crippen LogP) is 6.08. The van der Waals surface area contributed by atoms with E-state index in [-0.39, 0.29) is 0 Å². The molecule has 0 atom stereocenters. The number of hydrogen-bond donors (Lipinski definition) is 1. The number of hydrogen-bond acceptors (Lipinski definition) is 5. The summed E-state index contributed by atoms with van der Waals surface area (Å²) >= 11 is 0. The molecule has 0 unspecified atom stereocenters. The molecule has 1 aliphatic rings. The Morgan fingerprint density at radius 3 is 2.45 bits per heavy atom. The van der Waals surface area contributed by atoms with Gasteiger partial charge in [-0.25, -0.2) is 9.79 Å². The summed E-state index contributed by atoms with van der Waals surface area (Å²) in [5.74, 6) is 0.951. The fourth-order valence-electron chi connectivity index (χ4n) is 3.62. The van der Waals surface area contributed by atoms with Crippen LogP contribution in [-0.4, -0.2) is 25.5 Å². The second-order valence-corrected chi connectivity index (χ2v) is 7.60. The Bertz CT molecular complexity index is 1040. The number of rotatable bonds is 6. The van der Waals surface area contributed by atoms with Gasteiger partial charge in [0.2, 0.25) is 0 Å². The first-order valence-electron chi connectivity index (χ1n) is 10.6. The van der Waals surface area contributed by atoms with Crippen LogP contribution < -0.4 is 10.1 Å². The maximum Gasteiger partial charge on any atom is 0.341 e. The van der Waals surface area contributed by atoms with Crippen molar-refractivity contribution in [3.63, 3.8) is 0 Å². The van der Waals surface area contributed by atoms with Crippen LogP contribution in [0.5, 0.6) is 5.75 Å². The van der Waals surface area contributed by atoms with Crippen molar-refractivity contribution in [2.45, 2.75) is 40.5 Å². The van der Waals surface area contributed by atoms with Gasteiger partial charge in [-0.05, 0) is 74.7 Å². The van der Waals surface area contributed by atoms with Gasteiger partial charge < -0.3 is 14.8 Å². The molecule has 162 valence electrons. The molecule has 0 radical (unpaired) electrons. The number of methoxy groups -OCH3 is 1. The van der Waals surface area contributed by atoms with Gasteiger partial charge >= 0.3 is 5.97 Å². The van der Waals surface area contributed by atoms with Crippen molar-refractivity contribution in [3.05, 3.63) is 76.4 Å². The summed E-state index contributed by atoms with van der Waals surface area (Å²) in [5.41, 5.74) is 6.71. The zero-order chi connectivity index (χ0) is 22.4. The van der Waals surface area contributed by atoms with Crippen molar-refractivity contribution in [1.29, 1.82) is 0 Å². The fourth-order valence-corrected chi connectivity index (χ4v) is 3.62. The van der Waals surface area contributed by atoms with Crippen molar-refractivity contribution < 1.29 is 14.3 Å². The topological polar surface area (TPSA) is 59.9 Å². The van der Waals surface area contributed by atoms with E-state index in [2.05, 4.69) is 50.4 Å². The van der Waals surface area contributed by atoms with Gasteiger partial charge in [0.25, 0.3) is 0 Å². The second-order valence-electron chi connectivity index (χ2n) is 7.60. The molecular formula is C26H30N2O3. The number of aryl methyl sites for hydroxylation is 2. The van der Waals surface area contributed by atoms with Gasteiger partial charge in [-0.2, -0.15) is 0 Å². The number of esters is 1. The highest BCUT2D eigenvalue weighted by Crippen LogP contribution is 2.28. The number of anilines is 1. The van der Waals surface area contributed by atoms with E-state index in [4.69, 9.17) is 14.5 Å². The molecule has 0 saturated carbocycles. The molecule has 1 N–H and O–H groups in total. The Morgan fingerprint density at radius 2 is 1.81 bits per heavy atom. The molecule has 1 aliphatic heterocycles. The second kappa shape index (κ2) is 10.1. The van der Waals surface area contributed by atoms with Crippen molar-refractivity contribution in [2.24, 2.45) is 4.99 Å². The van der Waals surface area contributed by atoms with Crippen LogP contribution in [0, 0.1) is 13.8 Å². The van der Waals surface area contributed by atoms with E-state index in [1.165, 1.54) is 23.8 Å². The number of benzene rings is 2. The van der Waals surface area contributed by atoms with Crippen LogP contribution in [0.2, 0.25) is 0 Å². The van der Waals surface area contributed by atoms with E-state index in [0.29, 0.717) is 17.9 Å². The molecule has 5 heteroatoms. The van der Waals surface area contributed by atoms with E-state index >= 15 is 0 Å². The summed E-state index contributed by atoms with van der Waals surface area (Å²) < 4.78 is 10.6. The number of carbonyl (C=O) groups excluding carboxylic acids is 1. The third-order valence-electron chi connectivity index (χ3n) is 5.07. The van der Waals surface area contributed by atoms with E-state index < -0.39 is 5.97 Å². The first-order chi connectivity index (χ1) is 14.9. The Morgan fingerprint density at radius 1 is 1.06 bits per heavy atom. The van der Waals surface area contributed by atoms with Crippen molar-refractivity contribution >= 4 is 23.2 Å². The van der Waals surface area contributed by atoms with Gasteiger partial charge in [0.05, 0.1) is 19.4 Å². The number of amidine groups is 1. The molecule has 0 aromatic heterocycles. The standard InChI is InChI=1S/C26H30N2O3/c1-6-19-8-10-23(20-9-11-24(31-7-2)22(16-20)26(29)30-5)28-25(15-19)27-21-13-17(3)12-18(4)14-21/h8-14,16H,6-7,15H2,1-5H3,(H,27,28). The lowest BCUT2D eigenvalue weighted by Crippen LogP contribution is -2.13. The zero-order valence-electron chi connectivity index (χ0n) is 18.9. The molecule has 0 amide bonds. The zero-order valence-corrected chi connectivity index (χ0v) is 18.9. The lowest BCUT2D eigenvalue weighted by atomic mass is 10.1. The minimum absolute atomic E-state index is 0.394. The van der Waals surface area contributed by atoms with Crippen LogP contribution in [-0.2, 0) is 4.74 Å². The number of nitrogens with zero attached hydrogens (tertiary/aromatic N) is 1. The Kier molecular flexibility index (Phi) is 7.29. The summed E-state index contributed by atoms with van der Waals surface area (Å²) in [6.45, 7) is 8.67. The molecule has 2 aromatic carbocycles. The predicted molar refractivity (Wildman–Crippen MR) is 127 cm³/mol. The molecule has 5 nitrogen and oxygen atoms in total. The van der Waals surface area contributed by atoms with Gasteiger partial charge in [0, 0.05) is 17.7 Å². The van der Waals surface area contributed by atoms with E-state index in [1.54, 1.807) is 12.1 Å². The molecule has 0 aliphatic carbocycles. The summed E-state index contributed by atoms with van der Waals surface area (Å²) in [7, 11) is 1.37.